The molecule has 2 atom stereocenters. The highest BCUT2D eigenvalue weighted by Gasteiger charge is 2.03. The Hall–Kier alpha value is 0.540. The Morgan fingerprint density at radius 1 is 0.846 bits per heavy atom. The fourth-order valence-electron chi connectivity index (χ4n) is 0.533. The molecule has 0 spiro atoms. The maximum absolute atomic E-state index is 8.94. The third-order valence-electron chi connectivity index (χ3n) is 1.21. The van der Waals surface area contributed by atoms with Crippen LogP contribution in [0, 0.1) is 0 Å². The van der Waals surface area contributed by atoms with Crippen molar-refractivity contribution in [1.82, 2.24) is 0 Å². The monoisotopic (exact) mass is 228 g/mol. The Labute approximate surface area is 86.4 Å². The first-order chi connectivity index (χ1) is 6.20. The van der Waals surface area contributed by atoms with Gasteiger partial charge < -0.3 is 20.4 Å². The van der Waals surface area contributed by atoms with Gasteiger partial charge in [0.15, 0.2) is 0 Å². The molecule has 13 heavy (non-hydrogen) atoms. The summed E-state index contributed by atoms with van der Waals surface area (Å²) in [4.78, 5) is 0. The van der Waals surface area contributed by atoms with Crippen LogP contribution in [0.2, 0.25) is 0 Å². The van der Waals surface area contributed by atoms with E-state index in [1.54, 1.807) is 0 Å². The highest BCUT2D eigenvalue weighted by atomic mass is 32.2. The molecule has 4 nitrogen and oxygen atoms in total. The Morgan fingerprint density at radius 3 is 1.54 bits per heavy atom. The zero-order chi connectivity index (χ0) is 10.1. The lowest BCUT2D eigenvalue weighted by molar-refractivity contribution is 0.113. The van der Waals surface area contributed by atoms with E-state index in [1.807, 2.05) is 0 Å². The number of rotatable bonds is 8. The molecular weight excluding hydrogens is 212 g/mol. The number of aliphatic hydroxyl groups is 4. The molecule has 0 aliphatic heterocycles. The van der Waals surface area contributed by atoms with E-state index in [2.05, 4.69) is 0 Å². The third-order valence-corrected chi connectivity index (χ3v) is 3.78. The number of hydrogen-bond donors (Lipinski definition) is 4. The zero-order valence-corrected chi connectivity index (χ0v) is 8.93. The van der Waals surface area contributed by atoms with Crippen LogP contribution in [0.3, 0.4) is 0 Å². The summed E-state index contributed by atoms with van der Waals surface area (Å²) in [6.45, 7) is -0.423. The average molecular weight is 228 g/mol. The van der Waals surface area contributed by atoms with Crippen molar-refractivity contribution in [3.63, 3.8) is 0 Å². The van der Waals surface area contributed by atoms with Gasteiger partial charge in [0.05, 0.1) is 25.4 Å². The van der Waals surface area contributed by atoms with Crippen LogP contribution in [0.15, 0.2) is 0 Å². The zero-order valence-electron chi connectivity index (χ0n) is 7.30. The molecule has 0 amide bonds. The molecule has 0 bridgehead atoms. The van der Waals surface area contributed by atoms with Gasteiger partial charge in [0.2, 0.25) is 0 Å². The van der Waals surface area contributed by atoms with Crippen molar-refractivity contribution in [3.8, 4) is 0 Å². The normalized spacial score (nSPS) is 15.7. The summed E-state index contributed by atoms with van der Waals surface area (Å²) in [7, 11) is 0. The van der Waals surface area contributed by atoms with E-state index < -0.39 is 12.2 Å². The molecule has 80 valence electrons. The first-order valence-corrected chi connectivity index (χ1v) is 6.25. The molecule has 0 aromatic heterocycles. The summed E-state index contributed by atoms with van der Waals surface area (Å²) in [6.07, 6.45) is -1.32. The van der Waals surface area contributed by atoms with E-state index >= 15 is 0 Å². The lowest BCUT2D eigenvalue weighted by Gasteiger charge is -2.08. The Morgan fingerprint density at radius 2 is 1.23 bits per heavy atom. The minimum atomic E-state index is -0.659. The molecule has 0 aliphatic carbocycles. The lowest BCUT2D eigenvalue weighted by atomic mass is 10.4. The van der Waals surface area contributed by atoms with Gasteiger partial charge >= 0.3 is 0 Å². The second-order valence-corrected chi connectivity index (χ2v) is 4.96. The van der Waals surface area contributed by atoms with Crippen molar-refractivity contribution in [2.75, 3.05) is 29.8 Å². The second kappa shape index (κ2) is 9.11. The van der Waals surface area contributed by atoms with E-state index in [0.29, 0.717) is 11.5 Å². The maximum Gasteiger partial charge on any atom is 0.0861 e. The maximum atomic E-state index is 8.94. The van der Waals surface area contributed by atoms with Crippen molar-refractivity contribution in [2.24, 2.45) is 0 Å². The van der Waals surface area contributed by atoms with Crippen LogP contribution in [-0.2, 0) is 0 Å². The van der Waals surface area contributed by atoms with Gasteiger partial charge in [-0.05, 0) is 0 Å². The van der Waals surface area contributed by atoms with Gasteiger partial charge in [-0.1, -0.05) is 0 Å². The van der Waals surface area contributed by atoms with E-state index in [4.69, 9.17) is 20.4 Å². The fourth-order valence-corrected chi connectivity index (χ4v) is 2.53. The summed E-state index contributed by atoms with van der Waals surface area (Å²) in [5, 5.41) is 35.6. The largest absolute Gasteiger partial charge is 0.394 e. The molecule has 0 heterocycles. The average Bonchev–Trinajstić information content (AvgIpc) is 2.16. The van der Waals surface area contributed by atoms with Gasteiger partial charge in [-0.2, -0.15) is 0 Å². The summed E-state index contributed by atoms with van der Waals surface area (Å²) >= 11 is 3.00. The van der Waals surface area contributed by atoms with Crippen molar-refractivity contribution >= 4 is 23.5 Å². The highest BCUT2D eigenvalue weighted by molar-refractivity contribution is 8.16. The first-order valence-electron chi connectivity index (χ1n) is 3.94. The SMILES string of the molecule is OCC(O)CSCSCC(O)CO. The molecule has 0 radical (unpaired) electrons. The minimum absolute atomic E-state index is 0.211. The predicted octanol–water partition coefficient (Wildman–Crippen LogP) is -0.883. The molecule has 0 aliphatic rings. The molecule has 0 aromatic rings. The van der Waals surface area contributed by atoms with Crippen LogP contribution in [0.5, 0.6) is 0 Å². The number of aliphatic hydroxyl groups excluding tert-OH is 4. The fraction of sp³-hybridized carbons (Fsp3) is 1.00. The Kier molecular flexibility index (Phi) is 9.49. The Bertz CT molecular complexity index is 103. The van der Waals surface area contributed by atoms with Crippen LogP contribution in [0.4, 0.5) is 0 Å². The topological polar surface area (TPSA) is 80.9 Å². The van der Waals surface area contributed by atoms with Crippen LogP contribution < -0.4 is 0 Å². The van der Waals surface area contributed by atoms with E-state index in [9.17, 15) is 0 Å². The van der Waals surface area contributed by atoms with Gasteiger partial charge in [-0.25, -0.2) is 0 Å². The van der Waals surface area contributed by atoms with Crippen molar-refractivity contribution < 1.29 is 20.4 Å². The van der Waals surface area contributed by atoms with E-state index in [1.165, 1.54) is 23.5 Å². The summed E-state index contributed by atoms with van der Waals surface area (Å²) in [5.41, 5.74) is 0. The second-order valence-electron chi connectivity index (χ2n) is 2.53. The molecule has 0 saturated carbocycles. The molecule has 0 saturated heterocycles. The lowest BCUT2D eigenvalue weighted by Crippen LogP contribution is -2.16. The molecule has 6 heteroatoms. The van der Waals surface area contributed by atoms with Crippen LogP contribution in [-0.4, -0.2) is 62.4 Å². The van der Waals surface area contributed by atoms with Crippen molar-refractivity contribution in [1.29, 1.82) is 0 Å². The number of hydrogen-bond acceptors (Lipinski definition) is 6. The first kappa shape index (κ1) is 13.5. The molecule has 0 aromatic carbocycles. The van der Waals surface area contributed by atoms with Crippen LogP contribution in [0.25, 0.3) is 0 Å². The van der Waals surface area contributed by atoms with Crippen LogP contribution in [0.1, 0.15) is 0 Å². The number of thioether (sulfide) groups is 2. The van der Waals surface area contributed by atoms with E-state index in [-0.39, 0.29) is 13.2 Å². The highest BCUT2D eigenvalue weighted by Crippen LogP contribution is 2.13. The molecule has 0 rings (SSSR count). The van der Waals surface area contributed by atoms with Gasteiger partial charge in [0, 0.05) is 16.6 Å². The van der Waals surface area contributed by atoms with Gasteiger partial charge in [-0.3, -0.25) is 0 Å². The van der Waals surface area contributed by atoms with Gasteiger partial charge in [0.1, 0.15) is 0 Å². The quantitative estimate of drug-likeness (QED) is 0.319. The van der Waals surface area contributed by atoms with Crippen molar-refractivity contribution in [3.05, 3.63) is 0 Å². The summed E-state index contributed by atoms with van der Waals surface area (Å²) in [6, 6.07) is 0. The smallest absolute Gasteiger partial charge is 0.0861 e. The molecule has 4 N–H and O–H groups in total. The molecule has 0 fully saturated rings. The standard InChI is InChI=1S/C7H16O4S2/c8-1-6(10)3-12-5-13-4-7(11)2-9/h6-11H,1-5H2. The summed E-state index contributed by atoms with van der Waals surface area (Å²) < 4.78 is 0. The van der Waals surface area contributed by atoms with E-state index in [0.717, 1.165) is 5.08 Å². The summed E-state index contributed by atoms with van der Waals surface area (Å²) in [5.74, 6) is 0.997. The van der Waals surface area contributed by atoms with Gasteiger partial charge in [-0.15, -0.1) is 23.5 Å². The third kappa shape index (κ3) is 8.86. The van der Waals surface area contributed by atoms with Crippen LogP contribution >= 0.6 is 23.5 Å². The Balaban J connectivity index is 3.08. The van der Waals surface area contributed by atoms with Crippen molar-refractivity contribution in [2.45, 2.75) is 12.2 Å². The van der Waals surface area contributed by atoms with Gasteiger partial charge in [0.25, 0.3) is 0 Å². The molecule has 2 unspecified atom stereocenters. The molecular formula is C7H16O4S2. The minimum Gasteiger partial charge on any atom is -0.394 e. The predicted molar refractivity (Wildman–Crippen MR) is 56.0 cm³/mol.